The normalized spacial score (nSPS) is 13.4. The lowest BCUT2D eigenvalue weighted by atomic mass is 9.92. The van der Waals surface area contributed by atoms with Crippen molar-refractivity contribution >= 4 is 6.41 Å². The zero-order valence-corrected chi connectivity index (χ0v) is 22.9. The second-order valence-corrected chi connectivity index (χ2v) is 10.0. The number of carbonyl (C=O) groups excluding carboxylic acids is 1. The van der Waals surface area contributed by atoms with E-state index in [1.807, 2.05) is 6.07 Å². The maximum absolute atomic E-state index is 14.7. The number of amides is 1. The summed E-state index contributed by atoms with van der Waals surface area (Å²) in [5.41, 5.74) is -2.17. The summed E-state index contributed by atoms with van der Waals surface area (Å²) in [7, 11) is 1.33. The predicted molar refractivity (Wildman–Crippen MR) is 140 cm³/mol. The number of alkyl halides is 6. The van der Waals surface area contributed by atoms with E-state index in [0.717, 1.165) is 4.90 Å². The average Bonchev–Trinajstić information content (AvgIpc) is 2.93. The van der Waals surface area contributed by atoms with Gasteiger partial charge in [-0.1, -0.05) is 19.9 Å². The Balaban J connectivity index is 2.09. The van der Waals surface area contributed by atoms with Gasteiger partial charge in [0.25, 0.3) is 0 Å². The second-order valence-electron chi connectivity index (χ2n) is 10.0. The summed E-state index contributed by atoms with van der Waals surface area (Å²) in [4.78, 5) is 13.2. The smallest absolute Gasteiger partial charge is 0.416 e. The van der Waals surface area contributed by atoms with E-state index in [9.17, 15) is 45.9 Å². The van der Waals surface area contributed by atoms with Crippen LogP contribution in [0.4, 0.5) is 30.7 Å². The summed E-state index contributed by atoms with van der Waals surface area (Å²) < 4.78 is 100. The van der Waals surface area contributed by atoms with Gasteiger partial charge in [0.05, 0.1) is 42.0 Å². The van der Waals surface area contributed by atoms with E-state index in [-0.39, 0.29) is 36.3 Å². The van der Waals surface area contributed by atoms with Crippen LogP contribution < -0.4 is 4.74 Å². The number of benzene rings is 3. The van der Waals surface area contributed by atoms with E-state index in [4.69, 9.17) is 4.74 Å². The Labute approximate surface area is 237 Å². The lowest BCUT2D eigenvalue weighted by Gasteiger charge is -2.31. The highest BCUT2D eigenvalue weighted by atomic mass is 19.4. The predicted octanol–water partition coefficient (Wildman–Crippen LogP) is 7.61. The van der Waals surface area contributed by atoms with Crippen molar-refractivity contribution in [1.29, 1.82) is 5.26 Å². The van der Waals surface area contributed by atoms with Crippen molar-refractivity contribution in [3.63, 3.8) is 0 Å². The van der Waals surface area contributed by atoms with Gasteiger partial charge in [-0.3, -0.25) is 4.79 Å². The zero-order chi connectivity index (χ0) is 31.6. The molecule has 0 saturated carbocycles. The molecular formula is C30H27F7N2O3. The van der Waals surface area contributed by atoms with Crippen molar-refractivity contribution in [2.24, 2.45) is 0 Å². The number of aliphatic hydroxyl groups is 1. The molecular weight excluding hydrogens is 569 g/mol. The fraction of sp³-hybridized carbons (Fsp3) is 0.333. The minimum atomic E-state index is -5.13. The van der Waals surface area contributed by atoms with Crippen LogP contribution in [0.25, 0.3) is 11.1 Å². The van der Waals surface area contributed by atoms with Gasteiger partial charge in [-0.15, -0.1) is 0 Å². The molecule has 1 N–H and O–H groups in total. The number of carbonyl (C=O) groups is 1. The van der Waals surface area contributed by atoms with E-state index in [0.29, 0.717) is 34.4 Å². The van der Waals surface area contributed by atoms with Gasteiger partial charge < -0.3 is 14.7 Å². The number of hydrogen-bond donors (Lipinski definition) is 1. The molecule has 224 valence electrons. The highest BCUT2D eigenvalue weighted by Crippen LogP contribution is 2.40. The zero-order valence-electron chi connectivity index (χ0n) is 22.9. The van der Waals surface area contributed by atoms with Gasteiger partial charge in [0.15, 0.2) is 0 Å². The molecule has 42 heavy (non-hydrogen) atoms. The van der Waals surface area contributed by atoms with Crippen molar-refractivity contribution in [2.45, 2.75) is 57.7 Å². The summed E-state index contributed by atoms with van der Waals surface area (Å²) in [6.45, 7) is 4.51. The second kappa shape index (κ2) is 12.4. The highest BCUT2D eigenvalue weighted by molar-refractivity contribution is 5.75. The first-order chi connectivity index (χ1) is 19.5. The summed E-state index contributed by atoms with van der Waals surface area (Å²) >= 11 is 0. The molecule has 0 aliphatic heterocycles. The Kier molecular flexibility index (Phi) is 9.57. The summed E-state index contributed by atoms with van der Waals surface area (Å²) in [6.07, 6.45) is -11.9. The Morgan fingerprint density at radius 2 is 1.55 bits per heavy atom. The summed E-state index contributed by atoms with van der Waals surface area (Å²) in [5.74, 6) is -0.573. The molecule has 0 aromatic heterocycles. The average molecular weight is 597 g/mol. The first-order valence-corrected chi connectivity index (χ1v) is 12.6. The van der Waals surface area contributed by atoms with Crippen LogP contribution in [-0.4, -0.2) is 29.6 Å². The van der Waals surface area contributed by atoms with Gasteiger partial charge in [-0.05, 0) is 71.5 Å². The SMILES string of the molecule is COc1cc(F)c(C(C)C)cc1-c1ccc(C#N)cc1CN(C=O)C(C)C(O)c1cc(C(F)(F)F)cc(C(F)(F)F)c1. The molecule has 12 heteroatoms. The van der Waals surface area contributed by atoms with Gasteiger partial charge in [-0.25, -0.2) is 4.39 Å². The van der Waals surface area contributed by atoms with Crippen molar-refractivity contribution in [3.8, 4) is 22.9 Å². The molecule has 0 heterocycles. The molecule has 0 radical (unpaired) electrons. The van der Waals surface area contributed by atoms with Crippen molar-refractivity contribution in [3.05, 3.63) is 87.7 Å². The molecule has 3 rings (SSSR count). The lowest BCUT2D eigenvalue weighted by molar-refractivity contribution is -0.143. The number of halogens is 7. The number of hydrogen-bond acceptors (Lipinski definition) is 4. The number of nitrogens with zero attached hydrogens (tertiary/aromatic N) is 2. The standard InChI is InChI=1S/C30H27F7N2O3/c1-16(2)24-11-25(27(42-4)12-26(24)31)23-6-5-18(13-38)7-20(23)14-39(15-40)17(3)28(41)19-8-21(29(32,33)34)10-22(9-19)30(35,36)37/h5-12,15-17,28,41H,14H2,1-4H3. The van der Waals surface area contributed by atoms with Gasteiger partial charge >= 0.3 is 12.4 Å². The molecule has 0 aliphatic rings. The van der Waals surface area contributed by atoms with E-state index >= 15 is 0 Å². The maximum atomic E-state index is 14.7. The van der Waals surface area contributed by atoms with Crippen LogP contribution in [0, 0.1) is 17.1 Å². The topological polar surface area (TPSA) is 73.6 Å². The maximum Gasteiger partial charge on any atom is 0.416 e. The first kappa shape index (κ1) is 32.4. The monoisotopic (exact) mass is 596 g/mol. The number of nitriles is 1. The van der Waals surface area contributed by atoms with Crippen LogP contribution >= 0.6 is 0 Å². The minimum absolute atomic E-state index is 0.0560. The quantitative estimate of drug-likeness (QED) is 0.204. The fourth-order valence-corrected chi connectivity index (χ4v) is 4.53. The Morgan fingerprint density at radius 3 is 2.02 bits per heavy atom. The van der Waals surface area contributed by atoms with Crippen molar-refractivity contribution in [1.82, 2.24) is 4.90 Å². The van der Waals surface area contributed by atoms with Crippen LogP contribution in [0.3, 0.4) is 0 Å². The van der Waals surface area contributed by atoms with Crippen LogP contribution in [-0.2, 0) is 23.7 Å². The van der Waals surface area contributed by atoms with Gasteiger partial charge in [0, 0.05) is 18.2 Å². The first-order valence-electron chi connectivity index (χ1n) is 12.6. The molecule has 0 aliphatic carbocycles. The fourth-order valence-electron chi connectivity index (χ4n) is 4.53. The Bertz CT molecular complexity index is 1460. The minimum Gasteiger partial charge on any atom is -0.496 e. The number of methoxy groups -OCH3 is 1. The molecule has 1 amide bonds. The van der Waals surface area contributed by atoms with Crippen LogP contribution in [0.5, 0.6) is 5.75 Å². The Hall–Kier alpha value is -4.11. The van der Waals surface area contributed by atoms with E-state index < -0.39 is 47.0 Å². The van der Waals surface area contributed by atoms with Crippen LogP contribution in [0.1, 0.15) is 66.2 Å². The molecule has 0 bridgehead atoms. The van der Waals surface area contributed by atoms with Gasteiger partial charge in [0.1, 0.15) is 11.6 Å². The molecule has 3 aromatic carbocycles. The van der Waals surface area contributed by atoms with E-state index in [1.165, 1.54) is 32.2 Å². The molecule has 0 fully saturated rings. The molecule has 2 atom stereocenters. The molecule has 0 saturated heterocycles. The van der Waals surface area contributed by atoms with Crippen LogP contribution in [0.2, 0.25) is 0 Å². The third kappa shape index (κ3) is 7.02. The van der Waals surface area contributed by atoms with Gasteiger partial charge in [-0.2, -0.15) is 31.6 Å². The van der Waals surface area contributed by atoms with Crippen LogP contribution in [0.15, 0.2) is 48.5 Å². The molecule has 5 nitrogen and oxygen atoms in total. The number of aliphatic hydroxyl groups excluding tert-OH is 1. The Morgan fingerprint density at radius 1 is 0.952 bits per heavy atom. The molecule has 0 spiro atoms. The van der Waals surface area contributed by atoms with Gasteiger partial charge in [0.2, 0.25) is 6.41 Å². The van der Waals surface area contributed by atoms with Crippen molar-refractivity contribution in [2.75, 3.05) is 7.11 Å². The summed E-state index contributed by atoms with van der Waals surface area (Å²) in [6, 6.07) is 8.64. The largest absolute Gasteiger partial charge is 0.496 e. The summed E-state index contributed by atoms with van der Waals surface area (Å²) in [5, 5.41) is 20.4. The van der Waals surface area contributed by atoms with E-state index in [1.54, 1.807) is 26.0 Å². The highest BCUT2D eigenvalue weighted by Gasteiger charge is 2.38. The lowest BCUT2D eigenvalue weighted by Crippen LogP contribution is -2.36. The van der Waals surface area contributed by atoms with E-state index in [2.05, 4.69) is 0 Å². The van der Waals surface area contributed by atoms with Crippen molar-refractivity contribution < 1.29 is 45.4 Å². The molecule has 3 aromatic rings. The number of rotatable bonds is 9. The molecule has 2 unspecified atom stereocenters. The number of ether oxygens (including phenoxy) is 1. The third-order valence-corrected chi connectivity index (χ3v) is 6.89. The third-order valence-electron chi connectivity index (χ3n) is 6.89.